The van der Waals surface area contributed by atoms with Crippen LogP contribution in [0, 0.1) is 5.82 Å². The summed E-state index contributed by atoms with van der Waals surface area (Å²) in [4.78, 5) is 17.0. The van der Waals surface area contributed by atoms with Crippen molar-refractivity contribution in [2.75, 3.05) is 32.9 Å². The van der Waals surface area contributed by atoms with Gasteiger partial charge in [0.05, 0.1) is 5.56 Å². The van der Waals surface area contributed by atoms with Crippen LogP contribution >= 0.6 is 0 Å². The van der Waals surface area contributed by atoms with E-state index in [4.69, 9.17) is 5.73 Å². The van der Waals surface area contributed by atoms with Gasteiger partial charge in [-0.2, -0.15) is 0 Å². The van der Waals surface area contributed by atoms with Crippen LogP contribution in [-0.2, 0) is 0 Å². The van der Waals surface area contributed by atoms with Gasteiger partial charge in [0.25, 0.3) is 5.91 Å². The third kappa shape index (κ3) is 3.16. The van der Waals surface area contributed by atoms with Crippen molar-refractivity contribution in [1.82, 2.24) is 15.2 Å². The molecule has 0 aromatic carbocycles. The van der Waals surface area contributed by atoms with E-state index in [0.717, 1.165) is 0 Å². The van der Waals surface area contributed by atoms with Crippen molar-refractivity contribution in [3.05, 3.63) is 23.6 Å². The van der Waals surface area contributed by atoms with Gasteiger partial charge in [0, 0.05) is 19.3 Å². The molecule has 0 atom stereocenters. The minimum absolute atomic E-state index is 0.0775. The largest absolute Gasteiger partial charge is 0.381 e. The average Bonchev–Trinajstić information content (AvgIpc) is 2.21. The predicted octanol–water partition coefficient (Wildman–Crippen LogP) is 0.0943. The van der Waals surface area contributed by atoms with Crippen molar-refractivity contribution in [1.29, 1.82) is 0 Å². The van der Waals surface area contributed by atoms with Crippen molar-refractivity contribution in [2.45, 2.75) is 0 Å². The summed E-state index contributed by atoms with van der Waals surface area (Å²) in [5, 5.41) is 2.59. The molecule has 0 fully saturated rings. The number of amides is 1. The Balaban J connectivity index is 2.63. The molecule has 0 saturated heterocycles. The molecule has 5 nitrogen and oxygen atoms in total. The molecule has 0 saturated carbocycles. The van der Waals surface area contributed by atoms with E-state index in [9.17, 15) is 9.18 Å². The molecule has 0 aliphatic heterocycles. The van der Waals surface area contributed by atoms with Gasteiger partial charge in [-0.1, -0.05) is 0 Å². The van der Waals surface area contributed by atoms with Crippen molar-refractivity contribution in [3.8, 4) is 0 Å². The lowest BCUT2D eigenvalue weighted by Gasteiger charge is -2.10. The summed E-state index contributed by atoms with van der Waals surface area (Å²) in [6.07, 6.45) is 1.30. The van der Waals surface area contributed by atoms with Gasteiger partial charge in [0.2, 0.25) is 0 Å². The minimum atomic E-state index is -0.773. The Morgan fingerprint density at radius 2 is 2.31 bits per heavy atom. The highest BCUT2D eigenvalue weighted by atomic mass is 19.1. The van der Waals surface area contributed by atoms with Crippen LogP contribution < -0.4 is 11.1 Å². The molecule has 1 rings (SSSR count). The number of likely N-dealkylation sites (N-methyl/N-ethyl adjacent to an activating group) is 1. The van der Waals surface area contributed by atoms with E-state index < -0.39 is 11.7 Å². The summed E-state index contributed by atoms with van der Waals surface area (Å²) >= 11 is 0. The number of hydrogen-bond acceptors (Lipinski definition) is 4. The van der Waals surface area contributed by atoms with Crippen LogP contribution in [-0.4, -0.2) is 43.0 Å². The molecule has 6 heteroatoms. The number of aromatic nitrogens is 1. The molecule has 1 heterocycles. The molecular formula is C10H15FN4O. The average molecular weight is 226 g/mol. The van der Waals surface area contributed by atoms with Gasteiger partial charge in [-0.3, -0.25) is 4.79 Å². The first-order valence-corrected chi connectivity index (χ1v) is 4.85. The highest BCUT2D eigenvalue weighted by molar-refractivity contribution is 5.95. The SMILES string of the molecule is CN(C)CCNC(=O)c1ccnc(N)c1F. The third-order valence-electron chi connectivity index (χ3n) is 2.01. The maximum atomic E-state index is 13.4. The normalized spacial score (nSPS) is 10.5. The third-order valence-corrected chi connectivity index (χ3v) is 2.01. The zero-order valence-corrected chi connectivity index (χ0v) is 9.33. The Morgan fingerprint density at radius 1 is 1.62 bits per heavy atom. The Labute approximate surface area is 93.5 Å². The first kappa shape index (κ1) is 12.4. The quantitative estimate of drug-likeness (QED) is 0.763. The number of rotatable bonds is 4. The second-order valence-corrected chi connectivity index (χ2v) is 3.62. The number of nitrogens with zero attached hydrogens (tertiary/aromatic N) is 2. The standard InChI is InChI=1S/C10H15FN4O/c1-15(2)6-5-14-10(16)7-3-4-13-9(12)8(7)11/h3-4H,5-6H2,1-2H3,(H2,12,13)(H,14,16). The fourth-order valence-electron chi connectivity index (χ4n) is 1.12. The van der Waals surface area contributed by atoms with Crippen LogP contribution in [0.5, 0.6) is 0 Å². The summed E-state index contributed by atoms with van der Waals surface area (Å²) in [5.41, 5.74) is 5.18. The Bertz CT molecular complexity index is 381. The topological polar surface area (TPSA) is 71.2 Å². The van der Waals surface area contributed by atoms with Crippen LogP contribution in [0.25, 0.3) is 0 Å². The lowest BCUT2D eigenvalue weighted by Crippen LogP contribution is -2.32. The highest BCUT2D eigenvalue weighted by Crippen LogP contribution is 2.11. The second-order valence-electron chi connectivity index (χ2n) is 3.62. The van der Waals surface area contributed by atoms with Crippen molar-refractivity contribution in [3.63, 3.8) is 0 Å². The molecule has 0 unspecified atom stereocenters. The van der Waals surface area contributed by atoms with Gasteiger partial charge in [-0.05, 0) is 20.2 Å². The fourth-order valence-corrected chi connectivity index (χ4v) is 1.12. The van der Waals surface area contributed by atoms with E-state index in [-0.39, 0.29) is 11.4 Å². The number of carbonyl (C=O) groups excluding carboxylic acids is 1. The lowest BCUT2D eigenvalue weighted by atomic mass is 10.2. The smallest absolute Gasteiger partial charge is 0.254 e. The number of hydrogen-bond donors (Lipinski definition) is 2. The summed E-state index contributed by atoms with van der Waals surface area (Å²) in [6.45, 7) is 1.14. The number of anilines is 1. The molecule has 0 aliphatic rings. The Hall–Kier alpha value is -1.69. The zero-order chi connectivity index (χ0) is 12.1. The Kier molecular flexibility index (Phi) is 4.19. The fraction of sp³-hybridized carbons (Fsp3) is 0.400. The number of pyridine rings is 1. The van der Waals surface area contributed by atoms with Gasteiger partial charge in [-0.25, -0.2) is 9.37 Å². The molecule has 1 amide bonds. The molecule has 3 N–H and O–H groups in total. The highest BCUT2D eigenvalue weighted by Gasteiger charge is 2.13. The van der Waals surface area contributed by atoms with Crippen LogP contribution in [0.3, 0.4) is 0 Å². The molecule has 0 radical (unpaired) electrons. The van der Waals surface area contributed by atoms with Crippen molar-refractivity contribution < 1.29 is 9.18 Å². The molecule has 1 aromatic heterocycles. The zero-order valence-electron chi connectivity index (χ0n) is 9.33. The molecular weight excluding hydrogens is 211 g/mol. The van der Waals surface area contributed by atoms with Crippen LogP contribution in [0.15, 0.2) is 12.3 Å². The number of nitrogen functional groups attached to an aromatic ring is 1. The van der Waals surface area contributed by atoms with Crippen LogP contribution in [0.2, 0.25) is 0 Å². The summed E-state index contributed by atoms with van der Waals surface area (Å²) < 4.78 is 13.4. The maximum Gasteiger partial charge on any atom is 0.254 e. The van der Waals surface area contributed by atoms with E-state index in [1.807, 2.05) is 19.0 Å². The van der Waals surface area contributed by atoms with Crippen LogP contribution in [0.1, 0.15) is 10.4 Å². The van der Waals surface area contributed by atoms with Gasteiger partial charge in [0.1, 0.15) is 0 Å². The molecule has 0 spiro atoms. The number of carbonyl (C=O) groups is 1. The van der Waals surface area contributed by atoms with E-state index in [0.29, 0.717) is 13.1 Å². The lowest BCUT2D eigenvalue weighted by molar-refractivity contribution is 0.0947. The molecule has 0 bridgehead atoms. The van der Waals surface area contributed by atoms with E-state index >= 15 is 0 Å². The minimum Gasteiger partial charge on any atom is -0.381 e. The summed E-state index contributed by atoms with van der Waals surface area (Å²) in [5.74, 6) is -1.52. The van der Waals surface area contributed by atoms with E-state index in [1.165, 1.54) is 12.3 Å². The molecule has 1 aromatic rings. The Morgan fingerprint density at radius 3 is 2.94 bits per heavy atom. The van der Waals surface area contributed by atoms with Crippen molar-refractivity contribution in [2.24, 2.45) is 0 Å². The second kappa shape index (κ2) is 5.41. The number of nitrogens with two attached hydrogens (primary N) is 1. The van der Waals surface area contributed by atoms with E-state index in [2.05, 4.69) is 10.3 Å². The maximum absolute atomic E-state index is 13.4. The van der Waals surface area contributed by atoms with Gasteiger partial charge < -0.3 is 16.0 Å². The van der Waals surface area contributed by atoms with Crippen molar-refractivity contribution >= 4 is 11.7 Å². The van der Waals surface area contributed by atoms with Gasteiger partial charge in [-0.15, -0.1) is 0 Å². The summed E-state index contributed by atoms with van der Waals surface area (Å²) in [6, 6.07) is 1.30. The predicted molar refractivity (Wildman–Crippen MR) is 59.5 cm³/mol. The van der Waals surface area contributed by atoms with E-state index in [1.54, 1.807) is 0 Å². The molecule has 16 heavy (non-hydrogen) atoms. The number of nitrogens with one attached hydrogen (secondary N) is 1. The van der Waals surface area contributed by atoms with Crippen LogP contribution in [0.4, 0.5) is 10.2 Å². The monoisotopic (exact) mass is 226 g/mol. The van der Waals surface area contributed by atoms with Gasteiger partial charge >= 0.3 is 0 Å². The molecule has 0 aliphatic carbocycles. The number of halogens is 1. The first-order valence-electron chi connectivity index (χ1n) is 4.85. The van der Waals surface area contributed by atoms with Gasteiger partial charge in [0.15, 0.2) is 11.6 Å². The summed E-state index contributed by atoms with van der Waals surface area (Å²) in [7, 11) is 3.77. The first-order chi connectivity index (χ1) is 7.52. The molecule has 88 valence electrons.